The Balaban J connectivity index is 1.79. The van der Waals surface area contributed by atoms with Crippen molar-refractivity contribution in [2.45, 2.75) is 6.10 Å². The van der Waals surface area contributed by atoms with Crippen LogP contribution in [0.15, 0.2) is 48.5 Å². The van der Waals surface area contributed by atoms with E-state index in [0.717, 1.165) is 0 Å². The third-order valence-corrected chi connectivity index (χ3v) is 4.03. The maximum atomic E-state index is 12.7. The lowest BCUT2D eigenvalue weighted by molar-refractivity contribution is -0.385. The molecule has 0 radical (unpaired) electrons. The minimum absolute atomic E-state index is 0.000228. The summed E-state index contributed by atoms with van der Waals surface area (Å²) >= 11 is 0. The lowest BCUT2D eigenvalue weighted by Crippen LogP contribution is -2.51. The van der Waals surface area contributed by atoms with Gasteiger partial charge in [-0.15, -0.1) is 0 Å². The number of hydrogen-bond donors (Lipinski definition) is 1. The normalized spacial score (nSPS) is 15.3. The Morgan fingerprint density at radius 1 is 1.26 bits per heavy atom. The molecule has 1 atom stereocenters. The molecule has 0 aromatic heterocycles. The summed E-state index contributed by atoms with van der Waals surface area (Å²) in [5, 5.41) is 13.5. The number of ether oxygens (including phenoxy) is 2. The zero-order valence-electron chi connectivity index (χ0n) is 14.5. The molecule has 140 valence electrons. The number of anilines is 1. The molecule has 0 unspecified atom stereocenters. The predicted octanol–water partition coefficient (Wildman–Crippen LogP) is 1.51. The van der Waals surface area contributed by atoms with E-state index in [1.54, 1.807) is 30.3 Å². The first-order valence-electron chi connectivity index (χ1n) is 8.15. The third-order valence-electron chi connectivity index (χ3n) is 4.03. The van der Waals surface area contributed by atoms with Crippen molar-refractivity contribution in [3.8, 4) is 11.5 Å². The summed E-state index contributed by atoms with van der Waals surface area (Å²) in [6.45, 7) is -0.407. The Bertz CT molecular complexity index is 885. The smallest absolute Gasteiger partial charge is 0.310 e. The highest BCUT2D eigenvalue weighted by Crippen LogP contribution is 2.33. The minimum atomic E-state index is -0.861. The Morgan fingerprint density at radius 2 is 1.96 bits per heavy atom. The van der Waals surface area contributed by atoms with Crippen LogP contribution >= 0.6 is 0 Å². The molecule has 2 aromatic carbocycles. The van der Waals surface area contributed by atoms with Gasteiger partial charge < -0.3 is 19.7 Å². The molecule has 1 N–H and O–H groups in total. The van der Waals surface area contributed by atoms with Gasteiger partial charge in [-0.25, -0.2) is 0 Å². The molecule has 0 aliphatic carbocycles. The summed E-state index contributed by atoms with van der Waals surface area (Å²) < 4.78 is 11.0. The number of likely N-dealkylation sites (N-methyl/N-ethyl adjacent to an activating group) is 1. The van der Waals surface area contributed by atoms with Crippen LogP contribution in [0, 0.1) is 10.1 Å². The second kappa shape index (κ2) is 7.73. The van der Waals surface area contributed by atoms with E-state index in [2.05, 4.69) is 5.32 Å². The number of carbonyl (C=O) groups is 2. The van der Waals surface area contributed by atoms with Gasteiger partial charge in [0, 0.05) is 13.1 Å². The molecule has 9 heteroatoms. The van der Waals surface area contributed by atoms with Gasteiger partial charge in [0.05, 0.1) is 17.2 Å². The molecular weight excluding hydrogens is 354 g/mol. The fourth-order valence-corrected chi connectivity index (χ4v) is 2.72. The summed E-state index contributed by atoms with van der Waals surface area (Å²) in [6.07, 6.45) is -0.861. The van der Waals surface area contributed by atoms with E-state index in [1.165, 1.54) is 30.1 Å². The summed E-state index contributed by atoms with van der Waals surface area (Å²) in [4.78, 5) is 36.5. The predicted molar refractivity (Wildman–Crippen MR) is 95.9 cm³/mol. The topological polar surface area (TPSA) is 111 Å². The van der Waals surface area contributed by atoms with Gasteiger partial charge in [-0.3, -0.25) is 19.7 Å². The number of nitrogens with zero attached hydrogens (tertiary/aromatic N) is 2. The van der Waals surface area contributed by atoms with Crippen LogP contribution < -0.4 is 19.7 Å². The number of para-hydroxylation sites is 4. The number of rotatable bonds is 5. The number of benzene rings is 2. The van der Waals surface area contributed by atoms with Gasteiger partial charge in [0.25, 0.3) is 11.8 Å². The molecule has 0 saturated carbocycles. The molecule has 0 bridgehead atoms. The van der Waals surface area contributed by atoms with Crippen molar-refractivity contribution in [3.05, 3.63) is 58.6 Å². The Hall–Kier alpha value is -3.62. The zero-order valence-corrected chi connectivity index (χ0v) is 14.5. The van der Waals surface area contributed by atoms with Crippen LogP contribution in [0.3, 0.4) is 0 Å². The molecule has 2 aromatic rings. The number of nitro groups is 1. The van der Waals surface area contributed by atoms with Crippen molar-refractivity contribution in [1.29, 1.82) is 0 Å². The van der Waals surface area contributed by atoms with Crippen LogP contribution in [-0.4, -0.2) is 43.0 Å². The largest absolute Gasteiger partial charge is 0.477 e. The van der Waals surface area contributed by atoms with Crippen LogP contribution in [0.4, 0.5) is 11.4 Å². The molecule has 1 aliphatic heterocycles. The van der Waals surface area contributed by atoms with Crippen LogP contribution in [-0.2, 0) is 9.59 Å². The second-order valence-electron chi connectivity index (χ2n) is 5.71. The first-order valence-corrected chi connectivity index (χ1v) is 8.15. The van der Waals surface area contributed by atoms with E-state index in [-0.39, 0.29) is 23.9 Å². The minimum Gasteiger partial charge on any atom is -0.477 e. The highest BCUT2D eigenvalue weighted by Gasteiger charge is 2.33. The molecule has 3 rings (SSSR count). The Kier molecular flexibility index (Phi) is 5.20. The maximum absolute atomic E-state index is 12.7. The van der Waals surface area contributed by atoms with E-state index < -0.39 is 23.5 Å². The number of fused-ring (bicyclic) bond motifs is 1. The van der Waals surface area contributed by atoms with Crippen molar-refractivity contribution in [3.63, 3.8) is 0 Å². The number of nitro benzene ring substituents is 1. The van der Waals surface area contributed by atoms with Gasteiger partial charge in [0.1, 0.15) is 5.75 Å². The van der Waals surface area contributed by atoms with E-state index in [4.69, 9.17) is 9.47 Å². The number of nitrogens with one attached hydrogen (secondary N) is 1. The van der Waals surface area contributed by atoms with E-state index in [1.807, 2.05) is 0 Å². The Morgan fingerprint density at radius 3 is 2.70 bits per heavy atom. The van der Waals surface area contributed by atoms with Crippen molar-refractivity contribution < 1.29 is 24.0 Å². The molecule has 0 spiro atoms. The van der Waals surface area contributed by atoms with Crippen molar-refractivity contribution >= 4 is 23.2 Å². The average Bonchev–Trinajstić information content (AvgIpc) is 2.70. The first-order chi connectivity index (χ1) is 13.0. The van der Waals surface area contributed by atoms with Gasteiger partial charge in [-0.1, -0.05) is 24.3 Å². The second-order valence-corrected chi connectivity index (χ2v) is 5.71. The lowest BCUT2D eigenvalue weighted by Gasteiger charge is -2.33. The molecule has 1 aliphatic rings. The van der Waals surface area contributed by atoms with Gasteiger partial charge in [0.2, 0.25) is 0 Å². The summed E-state index contributed by atoms with van der Waals surface area (Å²) in [5.74, 6) is -0.406. The number of carbonyl (C=O) groups excluding carboxylic acids is 2. The maximum Gasteiger partial charge on any atom is 0.310 e. The number of hydrogen-bond acceptors (Lipinski definition) is 6. The summed E-state index contributed by atoms with van der Waals surface area (Å²) in [5.41, 5.74) is 0.282. The molecule has 0 fully saturated rings. The Labute approximate surface area is 154 Å². The monoisotopic (exact) mass is 371 g/mol. The van der Waals surface area contributed by atoms with Gasteiger partial charge >= 0.3 is 5.69 Å². The van der Waals surface area contributed by atoms with Gasteiger partial charge in [-0.2, -0.15) is 0 Å². The van der Waals surface area contributed by atoms with Crippen LogP contribution in [0.1, 0.15) is 0 Å². The fraction of sp³-hybridized carbons (Fsp3) is 0.222. The van der Waals surface area contributed by atoms with Gasteiger partial charge in [-0.05, 0) is 18.2 Å². The molecule has 9 nitrogen and oxygen atoms in total. The average molecular weight is 371 g/mol. The number of amides is 2. The summed E-state index contributed by atoms with van der Waals surface area (Å²) in [6, 6.07) is 12.6. The molecule has 1 heterocycles. The standard InChI is InChI=1S/C18H17N3O6/c1-19-18(23)16-10-20(12-6-2-5-9-15(12)27-16)17(22)11-26-14-8-4-3-7-13(14)21(24)25/h2-9,16H,10-11H2,1H3,(H,19,23)/t16-/m0/s1. The lowest BCUT2D eigenvalue weighted by atomic mass is 10.1. The van der Waals surface area contributed by atoms with Crippen molar-refractivity contribution in [1.82, 2.24) is 5.32 Å². The van der Waals surface area contributed by atoms with Crippen molar-refractivity contribution in [2.75, 3.05) is 25.1 Å². The van der Waals surface area contributed by atoms with Crippen LogP contribution in [0.25, 0.3) is 0 Å². The molecular formula is C18H17N3O6. The van der Waals surface area contributed by atoms with Crippen molar-refractivity contribution in [2.24, 2.45) is 0 Å². The molecule has 0 saturated heterocycles. The summed E-state index contributed by atoms with van der Waals surface area (Å²) in [7, 11) is 1.48. The van der Waals surface area contributed by atoms with E-state index in [0.29, 0.717) is 11.4 Å². The SMILES string of the molecule is CNC(=O)[C@@H]1CN(C(=O)COc2ccccc2[N+](=O)[O-])c2ccccc2O1. The quantitative estimate of drug-likeness (QED) is 0.630. The highest BCUT2D eigenvalue weighted by atomic mass is 16.6. The molecule has 27 heavy (non-hydrogen) atoms. The third kappa shape index (κ3) is 3.81. The molecule has 2 amide bonds. The zero-order chi connectivity index (χ0) is 19.4. The fourth-order valence-electron chi connectivity index (χ4n) is 2.72. The van der Waals surface area contributed by atoms with Crippen LogP contribution in [0.2, 0.25) is 0 Å². The highest BCUT2D eigenvalue weighted by molar-refractivity contribution is 5.98. The first kappa shape index (κ1) is 18.2. The van der Waals surface area contributed by atoms with E-state index >= 15 is 0 Å². The van der Waals surface area contributed by atoms with Gasteiger partial charge in [0.15, 0.2) is 18.5 Å². The van der Waals surface area contributed by atoms with E-state index in [9.17, 15) is 19.7 Å². The van der Waals surface area contributed by atoms with Crippen LogP contribution in [0.5, 0.6) is 11.5 Å².